The van der Waals surface area contributed by atoms with Gasteiger partial charge < -0.3 is 10.1 Å². The summed E-state index contributed by atoms with van der Waals surface area (Å²) in [6, 6.07) is 14.7. The van der Waals surface area contributed by atoms with Crippen molar-refractivity contribution in [2.75, 3.05) is 13.7 Å². The number of aryl methyl sites for hydroxylation is 1. The van der Waals surface area contributed by atoms with E-state index in [1.165, 1.54) is 11.1 Å². The van der Waals surface area contributed by atoms with Gasteiger partial charge in [0.25, 0.3) is 0 Å². The van der Waals surface area contributed by atoms with Gasteiger partial charge in [0.2, 0.25) is 0 Å². The smallest absolute Gasteiger partial charge is 0.124 e. The minimum Gasteiger partial charge on any atom is -0.494 e. The van der Waals surface area contributed by atoms with Gasteiger partial charge in [-0.3, -0.25) is 0 Å². The second kappa shape index (κ2) is 6.91. The molecule has 0 spiro atoms. The van der Waals surface area contributed by atoms with Gasteiger partial charge in [-0.15, -0.1) is 0 Å². The fourth-order valence-corrected chi connectivity index (χ4v) is 3.07. The number of halogens is 1. The summed E-state index contributed by atoms with van der Waals surface area (Å²) in [7, 11) is 1.97. The molecule has 0 aliphatic rings. The van der Waals surface area contributed by atoms with Gasteiger partial charge in [0.15, 0.2) is 0 Å². The van der Waals surface area contributed by atoms with E-state index in [0.29, 0.717) is 6.61 Å². The molecule has 2 nitrogen and oxygen atoms in total. The first-order chi connectivity index (χ1) is 9.67. The highest BCUT2D eigenvalue weighted by Gasteiger charge is 2.18. The lowest BCUT2D eigenvalue weighted by atomic mass is 9.97. The van der Waals surface area contributed by atoms with Crippen molar-refractivity contribution in [3.05, 3.63) is 63.6 Å². The van der Waals surface area contributed by atoms with Crippen LogP contribution >= 0.6 is 15.9 Å². The highest BCUT2D eigenvalue weighted by Crippen LogP contribution is 2.33. The summed E-state index contributed by atoms with van der Waals surface area (Å²) < 4.78 is 6.86. The van der Waals surface area contributed by atoms with Crippen molar-refractivity contribution < 1.29 is 4.74 Å². The average Bonchev–Trinajstić information content (AvgIpc) is 2.44. The van der Waals surface area contributed by atoms with E-state index in [1.54, 1.807) is 0 Å². The van der Waals surface area contributed by atoms with E-state index in [9.17, 15) is 0 Å². The first-order valence-corrected chi connectivity index (χ1v) is 7.61. The Balaban J connectivity index is 2.47. The maximum atomic E-state index is 5.75. The monoisotopic (exact) mass is 333 g/mol. The fraction of sp³-hybridized carbons (Fsp3) is 0.294. The molecule has 0 saturated heterocycles. The molecule has 2 aromatic rings. The normalized spacial score (nSPS) is 12.2. The zero-order chi connectivity index (χ0) is 14.5. The van der Waals surface area contributed by atoms with Gasteiger partial charge in [-0.05, 0) is 44.2 Å². The minimum absolute atomic E-state index is 0.104. The topological polar surface area (TPSA) is 21.3 Å². The molecule has 0 aliphatic carbocycles. The molecule has 0 aromatic heterocycles. The molecule has 2 rings (SSSR count). The Hall–Kier alpha value is -1.32. The molecule has 1 atom stereocenters. The molecule has 0 radical (unpaired) electrons. The van der Waals surface area contributed by atoms with Crippen molar-refractivity contribution in [3.8, 4) is 5.75 Å². The van der Waals surface area contributed by atoms with Crippen LogP contribution in [-0.2, 0) is 0 Å². The summed E-state index contributed by atoms with van der Waals surface area (Å²) in [6.45, 7) is 4.77. The van der Waals surface area contributed by atoms with Crippen LogP contribution in [0.25, 0.3) is 0 Å². The number of benzene rings is 2. The Morgan fingerprint density at radius 3 is 2.55 bits per heavy atom. The first kappa shape index (κ1) is 15.1. The molecule has 0 saturated carbocycles. The van der Waals surface area contributed by atoms with Crippen LogP contribution in [0.15, 0.2) is 46.9 Å². The van der Waals surface area contributed by atoms with Gasteiger partial charge in [0.1, 0.15) is 5.75 Å². The van der Waals surface area contributed by atoms with Gasteiger partial charge >= 0.3 is 0 Å². The fourth-order valence-electron chi connectivity index (χ4n) is 2.35. The van der Waals surface area contributed by atoms with Gasteiger partial charge in [-0.1, -0.05) is 46.3 Å². The lowest BCUT2D eigenvalue weighted by Crippen LogP contribution is -2.19. The lowest BCUT2D eigenvalue weighted by molar-refractivity contribution is 0.334. The van der Waals surface area contributed by atoms with Crippen molar-refractivity contribution in [1.29, 1.82) is 0 Å². The molecule has 1 N–H and O–H groups in total. The van der Waals surface area contributed by atoms with Crippen LogP contribution in [0.5, 0.6) is 5.75 Å². The van der Waals surface area contributed by atoms with Crippen molar-refractivity contribution in [2.24, 2.45) is 0 Å². The standard InChI is InChI=1S/C17H20BrNO/c1-4-20-16-8-6-5-7-14(16)17(19-3)13-10-9-12(2)11-15(13)18/h5-11,17,19H,4H2,1-3H3. The summed E-state index contributed by atoms with van der Waals surface area (Å²) in [6.07, 6.45) is 0. The molecule has 20 heavy (non-hydrogen) atoms. The quantitative estimate of drug-likeness (QED) is 0.871. The maximum Gasteiger partial charge on any atom is 0.124 e. The van der Waals surface area contributed by atoms with Crippen LogP contribution in [0.2, 0.25) is 0 Å². The van der Waals surface area contributed by atoms with Gasteiger partial charge in [-0.2, -0.15) is 0 Å². The largest absolute Gasteiger partial charge is 0.494 e. The molecule has 0 heterocycles. The number of nitrogens with one attached hydrogen (secondary N) is 1. The van der Waals surface area contributed by atoms with E-state index < -0.39 is 0 Å². The zero-order valence-corrected chi connectivity index (χ0v) is 13.7. The van der Waals surface area contributed by atoms with E-state index in [-0.39, 0.29) is 6.04 Å². The van der Waals surface area contributed by atoms with Crippen molar-refractivity contribution in [1.82, 2.24) is 5.32 Å². The Morgan fingerprint density at radius 1 is 1.15 bits per heavy atom. The summed E-state index contributed by atoms with van der Waals surface area (Å²) in [4.78, 5) is 0. The minimum atomic E-state index is 0.104. The number of rotatable bonds is 5. The van der Waals surface area contributed by atoms with Crippen LogP contribution in [0, 0.1) is 6.92 Å². The van der Waals surface area contributed by atoms with Gasteiger partial charge in [-0.25, -0.2) is 0 Å². The zero-order valence-electron chi connectivity index (χ0n) is 12.1. The van der Waals surface area contributed by atoms with E-state index >= 15 is 0 Å². The van der Waals surface area contributed by atoms with Crippen molar-refractivity contribution in [2.45, 2.75) is 19.9 Å². The maximum absolute atomic E-state index is 5.75. The summed E-state index contributed by atoms with van der Waals surface area (Å²) in [5.41, 5.74) is 3.61. The second-order valence-corrected chi connectivity index (χ2v) is 5.57. The molecule has 106 valence electrons. The van der Waals surface area contributed by atoms with Gasteiger partial charge in [0, 0.05) is 10.0 Å². The van der Waals surface area contributed by atoms with Crippen LogP contribution in [-0.4, -0.2) is 13.7 Å². The molecule has 0 bridgehead atoms. The Kier molecular flexibility index (Phi) is 5.21. The highest BCUT2D eigenvalue weighted by molar-refractivity contribution is 9.10. The third-order valence-corrected chi connectivity index (χ3v) is 3.97. The molecule has 3 heteroatoms. The third-order valence-electron chi connectivity index (χ3n) is 3.29. The average molecular weight is 334 g/mol. The predicted octanol–water partition coefficient (Wildman–Crippen LogP) is 4.47. The Bertz CT molecular complexity index is 583. The van der Waals surface area contributed by atoms with E-state index in [2.05, 4.69) is 52.4 Å². The highest BCUT2D eigenvalue weighted by atomic mass is 79.9. The van der Waals surface area contributed by atoms with E-state index in [0.717, 1.165) is 15.8 Å². The summed E-state index contributed by atoms with van der Waals surface area (Å²) in [5, 5.41) is 3.38. The van der Waals surface area contributed by atoms with Crippen LogP contribution in [0.1, 0.15) is 29.7 Å². The molecule has 2 aromatic carbocycles. The predicted molar refractivity (Wildman–Crippen MR) is 87.4 cm³/mol. The number of hydrogen-bond acceptors (Lipinski definition) is 2. The molecular formula is C17H20BrNO. The number of para-hydroxylation sites is 1. The second-order valence-electron chi connectivity index (χ2n) is 4.72. The summed E-state index contributed by atoms with van der Waals surface area (Å²) in [5.74, 6) is 0.932. The molecule has 0 amide bonds. The Labute approximate surface area is 129 Å². The Morgan fingerprint density at radius 2 is 1.90 bits per heavy atom. The first-order valence-electron chi connectivity index (χ1n) is 6.82. The molecular weight excluding hydrogens is 314 g/mol. The number of ether oxygens (including phenoxy) is 1. The summed E-state index contributed by atoms with van der Waals surface area (Å²) >= 11 is 3.67. The lowest BCUT2D eigenvalue weighted by Gasteiger charge is -2.21. The van der Waals surface area contributed by atoms with E-state index in [1.807, 2.05) is 32.2 Å². The van der Waals surface area contributed by atoms with Crippen molar-refractivity contribution in [3.63, 3.8) is 0 Å². The van der Waals surface area contributed by atoms with Crippen LogP contribution < -0.4 is 10.1 Å². The van der Waals surface area contributed by atoms with E-state index in [4.69, 9.17) is 4.74 Å². The molecule has 0 fully saturated rings. The van der Waals surface area contributed by atoms with Crippen molar-refractivity contribution >= 4 is 15.9 Å². The molecule has 1 unspecified atom stereocenters. The van der Waals surface area contributed by atoms with Crippen LogP contribution in [0.3, 0.4) is 0 Å². The van der Waals surface area contributed by atoms with Gasteiger partial charge in [0.05, 0.1) is 12.6 Å². The SMILES string of the molecule is CCOc1ccccc1C(NC)c1ccc(C)cc1Br. The molecule has 0 aliphatic heterocycles. The van der Waals surface area contributed by atoms with Crippen LogP contribution in [0.4, 0.5) is 0 Å². The number of hydrogen-bond donors (Lipinski definition) is 1. The third kappa shape index (κ3) is 3.22.